The van der Waals surface area contributed by atoms with Crippen molar-refractivity contribution in [3.05, 3.63) is 16.3 Å². The molecule has 0 unspecified atom stereocenters. The van der Waals surface area contributed by atoms with Gasteiger partial charge in [0.1, 0.15) is 6.20 Å². The molecule has 0 aliphatic carbocycles. The largest absolute Gasteiger partial charge is 0.361 e. The minimum absolute atomic E-state index is 0.0757. The molecule has 0 aliphatic heterocycles. The normalized spacial score (nSPS) is 11.4. The van der Waals surface area contributed by atoms with Gasteiger partial charge in [0.15, 0.2) is 5.13 Å². The quantitative estimate of drug-likeness (QED) is 0.622. The predicted octanol–water partition coefficient (Wildman–Crippen LogP) is 2.90. The molecule has 0 aromatic carbocycles. The van der Waals surface area contributed by atoms with Crippen molar-refractivity contribution < 1.29 is 4.92 Å². The Morgan fingerprint density at radius 2 is 2.33 bits per heavy atom. The zero-order chi connectivity index (χ0) is 11.5. The van der Waals surface area contributed by atoms with Crippen LogP contribution >= 0.6 is 11.3 Å². The molecule has 6 heteroatoms. The molecule has 15 heavy (non-hydrogen) atoms. The Bertz CT molecular complexity index is 349. The van der Waals surface area contributed by atoms with Gasteiger partial charge in [-0.25, -0.2) is 4.98 Å². The summed E-state index contributed by atoms with van der Waals surface area (Å²) < 4.78 is 0. The van der Waals surface area contributed by atoms with E-state index in [4.69, 9.17) is 0 Å². The number of hydrogen-bond acceptors (Lipinski definition) is 5. The minimum atomic E-state index is -0.423. The summed E-state index contributed by atoms with van der Waals surface area (Å²) in [6.07, 6.45) is 2.33. The number of hydrogen-bond donors (Lipinski definition) is 1. The number of nitrogens with one attached hydrogen (secondary N) is 1. The smallest absolute Gasteiger partial charge is 0.345 e. The Kier molecular flexibility index (Phi) is 3.62. The highest BCUT2D eigenvalue weighted by atomic mass is 32.1. The van der Waals surface area contributed by atoms with Gasteiger partial charge in [-0.15, -0.1) is 0 Å². The number of nitrogens with zero attached hydrogens (tertiary/aromatic N) is 2. The van der Waals surface area contributed by atoms with Crippen LogP contribution in [0.15, 0.2) is 6.20 Å². The maximum absolute atomic E-state index is 10.4. The van der Waals surface area contributed by atoms with E-state index in [0.29, 0.717) is 5.13 Å². The molecule has 1 heterocycles. The van der Waals surface area contributed by atoms with Crippen LogP contribution in [0.4, 0.5) is 10.1 Å². The summed E-state index contributed by atoms with van der Waals surface area (Å²) in [5.74, 6) is 0. The number of rotatable bonds is 5. The summed E-state index contributed by atoms with van der Waals surface area (Å²) in [6, 6.07) is 0. The molecule has 0 saturated heterocycles. The van der Waals surface area contributed by atoms with Gasteiger partial charge in [-0.3, -0.25) is 10.1 Å². The fourth-order valence-corrected chi connectivity index (χ4v) is 1.50. The molecule has 0 amide bonds. The standard InChI is InChI=1S/C9H15N3O2S/c1-4-9(2,3)6-11-8-10-5-7(15-8)12(13)14/h5H,4,6H2,1-3H3,(H,10,11). The van der Waals surface area contributed by atoms with E-state index in [9.17, 15) is 10.1 Å². The van der Waals surface area contributed by atoms with E-state index in [1.54, 1.807) is 0 Å². The van der Waals surface area contributed by atoms with Gasteiger partial charge in [0.2, 0.25) is 0 Å². The van der Waals surface area contributed by atoms with Gasteiger partial charge in [0, 0.05) is 6.54 Å². The van der Waals surface area contributed by atoms with Gasteiger partial charge >= 0.3 is 5.00 Å². The third-order valence-corrected chi connectivity index (χ3v) is 3.26. The third-order valence-electron chi connectivity index (χ3n) is 2.35. The first-order chi connectivity index (χ1) is 6.94. The summed E-state index contributed by atoms with van der Waals surface area (Å²) in [5, 5.41) is 14.2. The lowest BCUT2D eigenvalue weighted by atomic mass is 9.90. The zero-order valence-corrected chi connectivity index (χ0v) is 9.93. The van der Waals surface area contributed by atoms with E-state index in [2.05, 4.69) is 31.1 Å². The molecule has 0 fully saturated rings. The van der Waals surface area contributed by atoms with Crippen molar-refractivity contribution >= 4 is 21.5 Å². The van der Waals surface area contributed by atoms with Gasteiger partial charge in [0.25, 0.3) is 0 Å². The molecule has 0 aliphatic rings. The van der Waals surface area contributed by atoms with Crippen LogP contribution in [0.25, 0.3) is 0 Å². The Balaban J connectivity index is 2.55. The molecule has 5 nitrogen and oxygen atoms in total. The Morgan fingerprint density at radius 3 is 2.80 bits per heavy atom. The molecule has 0 spiro atoms. The van der Waals surface area contributed by atoms with Crippen molar-refractivity contribution in [1.82, 2.24) is 4.98 Å². The predicted molar refractivity (Wildman–Crippen MR) is 61.3 cm³/mol. The van der Waals surface area contributed by atoms with Gasteiger partial charge in [-0.05, 0) is 23.2 Å². The minimum Gasteiger partial charge on any atom is -0.361 e. The summed E-state index contributed by atoms with van der Waals surface area (Å²) in [6.45, 7) is 7.17. The summed E-state index contributed by atoms with van der Waals surface area (Å²) in [7, 11) is 0. The van der Waals surface area contributed by atoms with Crippen LogP contribution in [0, 0.1) is 15.5 Å². The lowest BCUT2D eigenvalue weighted by molar-refractivity contribution is -0.380. The van der Waals surface area contributed by atoms with Crippen LogP contribution in [0.5, 0.6) is 0 Å². The number of nitro groups is 1. The first-order valence-electron chi connectivity index (χ1n) is 4.79. The Hall–Kier alpha value is -1.17. The number of aromatic nitrogens is 1. The van der Waals surface area contributed by atoms with Crippen LogP contribution in [0.1, 0.15) is 27.2 Å². The van der Waals surface area contributed by atoms with Crippen molar-refractivity contribution in [2.24, 2.45) is 5.41 Å². The van der Waals surface area contributed by atoms with Crippen LogP contribution in [-0.2, 0) is 0 Å². The highest BCUT2D eigenvalue weighted by Crippen LogP contribution is 2.27. The van der Waals surface area contributed by atoms with Crippen LogP contribution in [0.3, 0.4) is 0 Å². The second-order valence-corrected chi connectivity index (χ2v) is 5.14. The van der Waals surface area contributed by atoms with E-state index in [0.717, 1.165) is 24.3 Å². The molecule has 1 aromatic heterocycles. The van der Waals surface area contributed by atoms with Gasteiger partial charge in [-0.2, -0.15) is 0 Å². The molecule has 1 N–H and O–H groups in total. The van der Waals surface area contributed by atoms with Crippen LogP contribution in [0.2, 0.25) is 0 Å². The van der Waals surface area contributed by atoms with Crippen LogP contribution < -0.4 is 5.32 Å². The highest BCUT2D eigenvalue weighted by molar-refractivity contribution is 7.18. The zero-order valence-electron chi connectivity index (χ0n) is 9.11. The Morgan fingerprint density at radius 1 is 1.67 bits per heavy atom. The lowest BCUT2D eigenvalue weighted by Gasteiger charge is -2.22. The molecule has 1 aromatic rings. The Labute approximate surface area is 92.7 Å². The number of thiazole rings is 1. The van der Waals surface area contributed by atoms with Gasteiger partial charge < -0.3 is 5.32 Å². The monoisotopic (exact) mass is 229 g/mol. The molecule has 1 rings (SSSR count). The molecule has 0 radical (unpaired) electrons. The molecular weight excluding hydrogens is 214 g/mol. The average molecular weight is 229 g/mol. The van der Waals surface area contributed by atoms with Crippen molar-refractivity contribution in [3.8, 4) is 0 Å². The third kappa shape index (κ3) is 3.47. The van der Waals surface area contributed by atoms with Crippen molar-refractivity contribution in [3.63, 3.8) is 0 Å². The summed E-state index contributed by atoms with van der Waals surface area (Å²) >= 11 is 1.07. The van der Waals surface area contributed by atoms with E-state index < -0.39 is 4.92 Å². The van der Waals surface area contributed by atoms with E-state index >= 15 is 0 Å². The second-order valence-electron chi connectivity index (χ2n) is 4.13. The van der Waals surface area contributed by atoms with Crippen molar-refractivity contribution in [2.45, 2.75) is 27.2 Å². The highest BCUT2D eigenvalue weighted by Gasteiger charge is 2.17. The average Bonchev–Trinajstić information content (AvgIpc) is 2.63. The van der Waals surface area contributed by atoms with Crippen molar-refractivity contribution in [1.29, 1.82) is 0 Å². The molecule has 0 saturated carbocycles. The summed E-state index contributed by atoms with van der Waals surface area (Å²) in [5.41, 5.74) is 0.181. The van der Waals surface area contributed by atoms with Gasteiger partial charge in [0.05, 0.1) is 4.92 Å². The fraction of sp³-hybridized carbons (Fsp3) is 0.667. The maximum atomic E-state index is 10.4. The fourth-order valence-electron chi connectivity index (χ4n) is 0.872. The topological polar surface area (TPSA) is 68.1 Å². The first kappa shape index (κ1) is 11.9. The second kappa shape index (κ2) is 4.57. The maximum Gasteiger partial charge on any atom is 0.345 e. The van der Waals surface area contributed by atoms with E-state index in [-0.39, 0.29) is 10.4 Å². The van der Waals surface area contributed by atoms with Crippen molar-refractivity contribution in [2.75, 3.05) is 11.9 Å². The SMILES string of the molecule is CCC(C)(C)CNc1ncc([N+](=O)[O-])s1. The lowest BCUT2D eigenvalue weighted by Crippen LogP contribution is -2.21. The van der Waals surface area contributed by atoms with E-state index in [1.165, 1.54) is 6.20 Å². The summed E-state index contributed by atoms with van der Waals surface area (Å²) in [4.78, 5) is 13.9. The molecule has 84 valence electrons. The molecular formula is C9H15N3O2S. The van der Waals surface area contributed by atoms with Gasteiger partial charge in [-0.1, -0.05) is 20.8 Å². The number of anilines is 1. The van der Waals surface area contributed by atoms with E-state index in [1.807, 2.05) is 0 Å². The first-order valence-corrected chi connectivity index (χ1v) is 5.60. The molecule has 0 bridgehead atoms. The molecule has 0 atom stereocenters. The van der Waals surface area contributed by atoms with Crippen LogP contribution in [-0.4, -0.2) is 16.5 Å².